The van der Waals surface area contributed by atoms with E-state index in [1.54, 1.807) is 14.2 Å². The van der Waals surface area contributed by atoms with E-state index in [-0.39, 0.29) is 0 Å². The maximum absolute atomic E-state index is 5.39. The Morgan fingerprint density at radius 1 is 1.21 bits per heavy atom. The summed E-state index contributed by atoms with van der Waals surface area (Å²) in [7, 11) is 3.29. The molecule has 0 aliphatic carbocycles. The first-order valence-electron chi connectivity index (χ1n) is 6.40. The van der Waals surface area contributed by atoms with E-state index in [4.69, 9.17) is 14.0 Å². The Kier molecular flexibility index (Phi) is 4.58. The molecule has 0 radical (unpaired) electrons. The van der Waals surface area contributed by atoms with Crippen molar-refractivity contribution in [2.45, 2.75) is 26.4 Å². The lowest BCUT2D eigenvalue weighted by Crippen LogP contribution is -1.91. The van der Waals surface area contributed by atoms with Gasteiger partial charge in [0.2, 0.25) is 0 Å². The minimum absolute atomic E-state index is 0.421. The molecule has 0 aliphatic rings. The third kappa shape index (κ3) is 3.15. The minimum atomic E-state index is 0.421. The van der Waals surface area contributed by atoms with Crippen LogP contribution in [0, 0.1) is 0 Å². The standard InChI is InChI=1S/C15H19NO3/c1-4-5-11-6-7-15(18-3)13(8-11)14-9-12(10-17-2)19-16-14/h6-9H,4-5,10H2,1-3H3. The van der Waals surface area contributed by atoms with Gasteiger partial charge in [0.15, 0.2) is 5.76 Å². The van der Waals surface area contributed by atoms with Crippen LogP contribution in [-0.2, 0) is 17.8 Å². The number of benzene rings is 1. The van der Waals surface area contributed by atoms with Crippen LogP contribution in [0.25, 0.3) is 11.3 Å². The van der Waals surface area contributed by atoms with Crippen molar-refractivity contribution in [2.75, 3.05) is 14.2 Å². The number of methoxy groups -OCH3 is 2. The molecule has 0 saturated carbocycles. The Hall–Kier alpha value is -1.81. The molecule has 0 atom stereocenters. The molecular formula is C15H19NO3. The number of rotatable bonds is 6. The van der Waals surface area contributed by atoms with Crippen molar-refractivity contribution in [3.05, 3.63) is 35.6 Å². The molecule has 0 fully saturated rings. The van der Waals surface area contributed by atoms with Crippen molar-refractivity contribution in [3.8, 4) is 17.0 Å². The van der Waals surface area contributed by atoms with E-state index in [1.807, 2.05) is 12.1 Å². The van der Waals surface area contributed by atoms with Crippen LogP contribution in [0.5, 0.6) is 5.75 Å². The summed E-state index contributed by atoms with van der Waals surface area (Å²) in [5, 5.41) is 4.08. The van der Waals surface area contributed by atoms with E-state index in [0.717, 1.165) is 29.8 Å². The van der Waals surface area contributed by atoms with Crippen LogP contribution in [0.2, 0.25) is 0 Å². The normalized spacial score (nSPS) is 10.7. The summed E-state index contributed by atoms with van der Waals surface area (Å²) in [6.07, 6.45) is 2.15. The van der Waals surface area contributed by atoms with Crippen molar-refractivity contribution in [1.82, 2.24) is 5.16 Å². The summed E-state index contributed by atoms with van der Waals surface area (Å²) in [6.45, 7) is 2.58. The fraction of sp³-hybridized carbons (Fsp3) is 0.400. The van der Waals surface area contributed by atoms with Crippen LogP contribution in [0.15, 0.2) is 28.8 Å². The third-order valence-corrected chi connectivity index (χ3v) is 2.92. The molecule has 0 aliphatic heterocycles. The number of hydrogen-bond donors (Lipinski definition) is 0. The number of aryl methyl sites for hydroxylation is 1. The molecule has 0 saturated heterocycles. The zero-order chi connectivity index (χ0) is 13.7. The molecule has 0 amide bonds. The molecule has 2 aromatic rings. The predicted octanol–water partition coefficient (Wildman–Crippen LogP) is 3.45. The molecule has 1 heterocycles. The van der Waals surface area contributed by atoms with Crippen molar-refractivity contribution in [2.24, 2.45) is 0 Å². The molecule has 1 aromatic carbocycles. The second-order valence-corrected chi connectivity index (χ2v) is 4.40. The van der Waals surface area contributed by atoms with Crippen LogP contribution in [0.3, 0.4) is 0 Å². The van der Waals surface area contributed by atoms with Gasteiger partial charge in [-0.1, -0.05) is 24.6 Å². The monoisotopic (exact) mass is 261 g/mol. The Morgan fingerprint density at radius 3 is 2.74 bits per heavy atom. The van der Waals surface area contributed by atoms with Gasteiger partial charge in [-0.2, -0.15) is 0 Å². The van der Waals surface area contributed by atoms with Gasteiger partial charge in [0, 0.05) is 18.7 Å². The Labute approximate surface area is 113 Å². The van der Waals surface area contributed by atoms with Gasteiger partial charge in [0.05, 0.1) is 7.11 Å². The predicted molar refractivity (Wildman–Crippen MR) is 73.2 cm³/mol. The van der Waals surface area contributed by atoms with Gasteiger partial charge in [-0.15, -0.1) is 0 Å². The Morgan fingerprint density at radius 2 is 2.05 bits per heavy atom. The van der Waals surface area contributed by atoms with Crippen molar-refractivity contribution in [3.63, 3.8) is 0 Å². The highest BCUT2D eigenvalue weighted by Crippen LogP contribution is 2.31. The lowest BCUT2D eigenvalue weighted by atomic mass is 10.0. The molecule has 0 bridgehead atoms. The number of nitrogens with zero attached hydrogens (tertiary/aromatic N) is 1. The maximum Gasteiger partial charge on any atom is 0.162 e. The van der Waals surface area contributed by atoms with E-state index in [2.05, 4.69) is 24.2 Å². The number of ether oxygens (including phenoxy) is 2. The van der Waals surface area contributed by atoms with Crippen LogP contribution >= 0.6 is 0 Å². The third-order valence-electron chi connectivity index (χ3n) is 2.92. The van der Waals surface area contributed by atoms with E-state index >= 15 is 0 Å². The first kappa shape index (κ1) is 13.6. The summed E-state index contributed by atoms with van der Waals surface area (Å²) in [6, 6.07) is 8.06. The zero-order valence-corrected chi connectivity index (χ0v) is 11.6. The van der Waals surface area contributed by atoms with Crippen molar-refractivity contribution < 1.29 is 14.0 Å². The molecule has 0 N–H and O–H groups in total. The van der Waals surface area contributed by atoms with Crippen LogP contribution in [0.4, 0.5) is 0 Å². The van der Waals surface area contributed by atoms with Gasteiger partial charge >= 0.3 is 0 Å². The van der Waals surface area contributed by atoms with Gasteiger partial charge in [-0.3, -0.25) is 0 Å². The molecular weight excluding hydrogens is 242 g/mol. The quantitative estimate of drug-likeness (QED) is 0.799. The summed E-state index contributed by atoms with van der Waals surface area (Å²) in [5.74, 6) is 1.51. The smallest absolute Gasteiger partial charge is 0.162 e. The second kappa shape index (κ2) is 6.38. The first-order chi connectivity index (χ1) is 9.28. The van der Waals surface area contributed by atoms with Crippen LogP contribution < -0.4 is 4.74 Å². The average Bonchev–Trinajstić information content (AvgIpc) is 2.88. The van der Waals surface area contributed by atoms with E-state index in [0.29, 0.717) is 12.4 Å². The molecule has 0 spiro atoms. The number of hydrogen-bond acceptors (Lipinski definition) is 4. The Bertz CT molecular complexity index is 534. The van der Waals surface area contributed by atoms with Gasteiger partial charge in [0.1, 0.15) is 18.1 Å². The first-order valence-corrected chi connectivity index (χ1v) is 6.40. The summed E-state index contributed by atoms with van der Waals surface area (Å²) < 4.78 is 15.6. The molecule has 0 unspecified atom stereocenters. The summed E-state index contributed by atoms with van der Waals surface area (Å²) in [4.78, 5) is 0. The topological polar surface area (TPSA) is 44.5 Å². The summed E-state index contributed by atoms with van der Waals surface area (Å²) in [5.41, 5.74) is 3.01. The highest BCUT2D eigenvalue weighted by Gasteiger charge is 2.12. The average molecular weight is 261 g/mol. The molecule has 102 valence electrons. The minimum Gasteiger partial charge on any atom is -0.496 e. The lowest BCUT2D eigenvalue weighted by molar-refractivity contribution is 0.156. The van der Waals surface area contributed by atoms with E-state index in [9.17, 15) is 0 Å². The lowest BCUT2D eigenvalue weighted by Gasteiger charge is -2.08. The SMILES string of the molecule is CCCc1ccc(OC)c(-c2cc(COC)on2)c1. The van der Waals surface area contributed by atoms with Crippen molar-refractivity contribution >= 4 is 0 Å². The van der Waals surface area contributed by atoms with Gasteiger partial charge < -0.3 is 14.0 Å². The molecule has 19 heavy (non-hydrogen) atoms. The highest BCUT2D eigenvalue weighted by molar-refractivity contribution is 5.68. The van der Waals surface area contributed by atoms with E-state index in [1.165, 1.54) is 5.56 Å². The molecule has 4 nitrogen and oxygen atoms in total. The van der Waals surface area contributed by atoms with Crippen LogP contribution in [-0.4, -0.2) is 19.4 Å². The van der Waals surface area contributed by atoms with Crippen LogP contribution in [0.1, 0.15) is 24.7 Å². The van der Waals surface area contributed by atoms with E-state index < -0.39 is 0 Å². The summed E-state index contributed by atoms with van der Waals surface area (Å²) >= 11 is 0. The van der Waals surface area contributed by atoms with Gasteiger partial charge in [0.25, 0.3) is 0 Å². The molecule has 1 aromatic heterocycles. The number of aromatic nitrogens is 1. The largest absolute Gasteiger partial charge is 0.496 e. The fourth-order valence-electron chi connectivity index (χ4n) is 2.05. The highest BCUT2D eigenvalue weighted by atomic mass is 16.5. The maximum atomic E-state index is 5.39. The zero-order valence-electron chi connectivity index (χ0n) is 11.6. The second-order valence-electron chi connectivity index (χ2n) is 4.40. The molecule has 4 heteroatoms. The van der Waals surface area contributed by atoms with Crippen molar-refractivity contribution in [1.29, 1.82) is 0 Å². The molecule has 2 rings (SSSR count). The fourth-order valence-corrected chi connectivity index (χ4v) is 2.05. The Balaban J connectivity index is 2.36. The van der Waals surface area contributed by atoms with Gasteiger partial charge in [-0.25, -0.2) is 0 Å². The van der Waals surface area contributed by atoms with Gasteiger partial charge in [-0.05, 0) is 24.1 Å².